The number of halogens is 1. The van der Waals surface area contributed by atoms with Gasteiger partial charge in [0.2, 0.25) is 0 Å². The van der Waals surface area contributed by atoms with Crippen LogP contribution >= 0.6 is 0 Å². The maximum Gasteiger partial charge on any atom is 0.196 e. The van der Waals surface area contributed by atoms with Crippen LogP contribution in [0.4, 0.5) is 10.1 Å². The molecular formula is C15H18FN3. The van der Waals surface area contributed by atoms with Gasteiger partial charge in [-0.1, -0.05) is 12.1 Å². The normalized spacial score (nSPS) is 36.3. The van der Waals surface area contributed by atoms with Crippen molar-refractivity contribution in [2.45, 2.75) is 31.2 Å². The molecule has 3 aliphatic rings. The molecule has 100 valence electrons. The lowest BCUT2D eigenvalue weighted by atomic mass is 9.80. The summed E-state index contributed by atoms with van der Waals surface area (Å²) >= 11 is 0. The SMILES string of the molecule is NC1=NCC2(CC3CCC2C3)N1c1ccccc1F. The predicted molar refractivity (Wildman–Crippen MR) is 73.5 cm³/mol. The van der Waals surface area contributed by atoms with Crippen LogP contribution < -0.4 is 10.6 Å². The molecule has 4 heteroatoms. The lowest BCUT2D eigenvalue weighted by Gasteiger charge is -2.42. The van der Waals surface area contributed by atoms with E-state index in [2.05, 4.69) is 4.99 Å². The third-order valence-electron chi connectivity index (χ3n) is 5.23. The molecule has 4 rings (SSSR count). The molecule has 1 heterocycles. The Labute approximate surface area is 112 Å². The van der Waals surface area contributed by atoms with E-state index in [1.54, 1.807) is 6.07 Å². The van der Waals surface area contributed by atoms with Gasteiger partial charge in [0, 0.05) is 0 Å². The first-order valence-electron chi connectivity index (χ1n) is 7.05. The van der Waals surface area contributed by atoms with E-state index in [0.717, 1.165) is 18.9 Å². The smallest absolute Gasteiger partial charge is 0.196 e. The first-order chi connectivity index (χ1) is 9.21. The van der Waals surface area contributed by atoms with Crippen molar-refractivity contribution in [1.29, 1.82) is 0 Å². The Balaban J connectivity index is 1.80. The molecule has 1 aromatic rings. The van der Waals surface area contributed by atoms with Crippen molar-refractivity contribution < 1.29 is 4.39 Å². The Bertz CT molecular complexity index is 556. The highest BCUT2D eigenvalue weighted by Crippen LogP contribution is 2.55. The molecule has 1 aromatic carbocycles. The Kier molecular flexibility index (Phi) is 2.20. The number of guanidine groups is 1. The van der Waals surface area contributed by atoms with E-state index >= 15 is 0 Å². The van der Waals surface area contributed by atoms with Gasteiger partial charge in [0.25, 0.3) is 0 Å². The Morgan fingerprint density at radius 3 is 2.84 bits per heavy atom. The maximum atomic E-state index is 14.1. The summed E-state index contributed by atoms with van der Waals surface area (Å²) < 4.78 is 14.1. The number of nitrogens with zero attached hydrogens (tertiary/aromatic N) is 2. The van der Waals surface area contributed by atoms with Gasteiger partial charge in [0.05, 0.1) is 17.8 Å². The lowest BCUT2D eigenvalue weighted by molar-refractivity contribution is 0.291. The maximum absolute atomic E-state index is 14.1. The highest BCUT2D eigenvalue weighted by molar-refractivity contribution is 5.98. The highest BCUT2D eigenvalue weighted by atomic mass is 19.1. The molecule has 2 saturated carbocycles. The first kappa shape index (κ1) is 11.3. The fourth-order valence-electron chi connectivity index (χ4n) is 4.47. The van der Waals surface area contributed by atoms with Crippen LogP contribution in [-0.4, -0.2) is 18.0 Å². The van der Waals surface area contributed by atoms with Crippen molar-refractivity contribution in [3.63, 3.8) is 0 Å². The van der Waals surface area contributed by atoms with E-state index in [1.165, 1.54) is 25.3 Å². The Morgan fingerprint density at radius 1 is 1.32 bits per heavy atom. The van der Waals surface area contributed by atoms with Gasteiger partial charge in [-0.3, -0.25) is 4.99 Å². The molecule has 0 saturated heterocycles. The van der Waals surface area contributed by atoms with E-state index in [0.29, 0.717) is 17.6 Å². The third kappa shape index (κ3) is 1.40. The van der Waals surface area contributed by atoms with Crippen LogP contribution in [0.3, 0.4) is 0 Å². The summed E-state index contributed by atoms with van der Waals surface area (Å²) in [5.41, 5.74) is 6.62. The standard InChI is InChI=1S/C15H18FN3/c16-12-3-1-2-4-13(12)19-14(17)18-9-15(19)8-10-5-6-11(15)7-10/h1-4,10-11H,5-9H2,(H2,17,18). The molecule has 3 atom stereocenters. The van der Waals surface area contributed by atoms with Gasteiger partial charge >= 0.3 is 0 Å². The Morgan fingerprint density at radius 2 is 2.16 bits per heavy atom. The quantitative estimate of drug-likeness (QED) is 0.842. The summed E-state index contributed by atoms with van der Waals surface area (Å²) in [5.74, 6) is 1.67. The average Bonchev–Trinajstić information content (AvgIpc) is 3.07. The lowest BCUT2D eigenvalue weighted by Crippen LogP contribution is -2.55. The number of aliphatic imine (C=N–C) groups is 1. The number of para-hydroxylation sites is 1. The van der Waals surface area contributed by atoms with Crippen LogP contribution in [-0.2, 0) is 0 Å². The largest absolute Gasteiger partial charge is 0.369 e. The van der Waals surface area contributed by atoms with Crippen LogP contribution in [0.2, 0.25) is 0 Å². The van der Waals surface area contributed by atoms with Crippen molar-refractivity contribution in [2.24, 2.45) is 22.6 Å². The topological polar surface area (TPSA) is 41.6 Å². The number of benzene rings is 1. The van der Waals surface area contributed by atoms with E-state index in [4.69, 9.17) is 5.73 Å². The molecule has 1 aliphatic heterocycles. The van der Waals surface area contributed by atoms with Crippen LogP contribution in [0.5, 0.6) is 0 Å². The van der Waals surface area contributed by atoms with Crippen molar-refractivity contribution in [2.75, 3.05) is 11.4 Å². The monoisotopic (exact) mass is 259 g/mol. The summed E-state index contributed by atoms with van der Waals surface area (Å²) in [5, 5.41) is 0. The third-order valence-corrected chi connectivity index (χ3v) is 5.23. The second-order valence-corrected chi connectivity index (χ2v) is 6.14. The molecule has 0 aromatic heterocycles. The fraction of sp³-hybridized carbons (Fsp3) is 0.533. The number of anilines is 1. The molecular weight excluding hydrogens is 241 g/mol. The van der Waals surface area contributed by atoms with E-state index in [1.807, 2.05) is 17.0 Å². The van der Waals surface area contributed by atoms with Gasteiger partial charge in [-0.25, -0.2) is 4.39 Å². The zero-order chi connectivity index (χ0) is 13.0. The summed E-state index contributed by atoms with van der Waals surface area (Å²) in [4.78, 5) is 6.43. The van der Waals surface area contributed by atoms with Crippen molar-refractivity contribution in [3.05, 3.63) is 30.1 Å². The molecule has 2 aliphatic carbocycles. The molecule has 3 unspecified atom stereocenters. The number of hydrogen-bond donors (Lipinski definition) is 1. The average molecular weight is 259 g/mol. The van der Waals surface area contributed by atoms with Gasteiger partial charge in [0.15, 0.2) is 5.96 Å². The van der Waals surface area contributed by atoms with Crippen LogP contribution in [0.25, 0.3) is 0 Å². The summed E-state index contributed by atoms with van der Waals surface area (Å²) in [6.07, 6.45) is 4.92. The van der Waals surface area contributed by atoms with E-state index < -0.39 is 0 Å². The molecule has 19 heavy (non-hydrogen) atoms. The number of hydrogen-bond acceptors (Lipinski definition) is 3. The van der Waals surface area contributed by atoms with Gasteiger partial charge in [-0.05, 0) is 49.7 Å². The molecule has 2 N–H and O–H groups in total. The predicted octanol–water partition coefficient (Wildman–Crippen LogP) is 2.52. The van der Waals surface area contributed by atoms with Crippen molar-refractivity contribution in [1.82, 2.24) is 0 Å². The number of rotatable bonds is 1. The van der Waals surface area contributed by atoms with E-state index in [9.17, 15) is 4.39 Å². The van der Waals surface area contributed by atoms with Gasteiger partial charge in [-0.15, -0.1) is 0 Å². The summed E-state index contributed by atoms with van der Waals surface area (Å²) in [6.45, 7) is 0.730. The minimum Gasteiger partial charge on any atom is -0.369 e. The van der Waals surface area contributed by atoms with Gasteiger partial charge in [0.1, 0.15) is 5.82 Å². The number of fused-ring (bicyclic) bond motifs is 3. The van der Waals surface area contributed by atoms with Crippen LogP contribution in [0, 0.1) is 17.7 Å². The minimum absolute atomic E-state index is 0.0464. The zero-order valence-corrected chi connectivity index (χ0v) is 10.8. The molecule has 0 radical (unpaired) electrons. The molecule has 2 bridgehead atoms. The Hall–Kier alpha value is -1.58. The fourth-order valence-corrected chi connectivity index (χ4v) is 4.47. The second kappa shape index (κ2) is 3.71. The van der Waals surface area contributed by atoms with Crippen LogP contribution in [0.1, 0.15) is 25.7 Å². The van der Waals surface area contributed by atoms with E-state index in [-0.39, 0.29) is 11.4 Å². The first-order valence-corrected chi connectivity index (χ1v) is 7.05. The van der Waals surface area contributed by atoms with Gasteiger partial charge < -0.3 is 10.6 Å². The second-order valence-electron chi connectivity index (χ2n) is 6.14. The minimum atomic E-state index is -0.204. The zero-order valence-electron chi connectivity index (χ0n) is 10.8. The van der Waals surface area contributed by atoms with Gasteiger partial charge in [-0.2, -0.15) is 0 Å². The molecule has 3 nitrogen and oxygen atoms in total. The molecule has 2 fully saturated rings. The molecule has 0 amide bonds. The van der Waals surface area contributed by atoms with Crippen LogP contribution in [0.15, 0.2) is 29.3 Å². The number of nitrogens with two attached hydrogens (primary N) is 1. The van der Waals surface area contributed by atoms with Crippen molar-refractivity contribution >= 4 is 11.6 Å². The highest BCUT2D eigenvalue weighted by Gasteiger charge is 2.57. The summed E-state index contributed by atoms with van der Waals surface area (Å²) in [6, 6.07) is 6.90. The van der Waals surface area contributed by atoms with Crippen molar-refractivity contribution in [3.8, 4) is 0 Å². The molecule has 1 spiro atoms. The summed E-state index contributed by atoms with van der Waals surface area (Å²) in [7, 11) is 0.